The minimum absolute atomic E-state index is 0.0261. The second kappa shape index (κ2) is 17.7. The van der Waals surface area contributed by atoms with Crippen molar-refractivity contribution in [2.24, 2.45) is 0 Å². The van der Waals surface area contributed by atoms with E-state index in [0.717, 1.165) is 82.3 Å². The van der Waals surface area contributed by atoms with Crippen LogP contribution in [0.2, 0.25) is 0 Å². The average molecular weight is 1070 g/mol. The van der Waals surface area contributed by atoms with Crippen LogP contribution < -0.4 is 31.1 Å². The van der Waals surface area contributed by atoms with E-state index >= 15 is 0 Å². The molecule has 1 aromatic heterocycles. The molecule has 0 saturated heterocycles. The standard InChI is InChI=1S/C75H82BN3S/c1-45-37-65-68-66(38-45)79(62-23-20-22-53-52-21-18-19-24-67(52)80-69(53)62)63-42-51(77(60-31-25-48(39-46(60)2)70(4,5)6)61-32-26-49(40-47(61)3)71(7,8)9)28-30-58(63)76(68)59-43-56-57(75(16,17)36-35-74(56,14)15)44-64(59)78(65)50-27-29-54-55(41-50)73(12,13)34-33-72(54,10)11/h18-32,37-44H,33-36H2,1-17H3/i1D3. The lowest BCUT2D eigenvalue weighted by Crippen LogP contribution is -2.62. The van der Waals surface area contributed by atoms with Crippen LogP contribution in [-0.2, 0) is 32.5 Å². The van der Waals surface area contributed by atoms with Gasteiger partial charge in [-0.1, -0.05) is 170 Å². The maximum atomic E-state index is 9.43. The number of nitrogens with zero attached hydrogens (tertiary/aromatic N) is 3. The van der Waals surface area contributed by atoms with E-state index in [9.17, 15) is 4.11 Å². The molecule has 0 radical (unpaired) electrons. The third-order valence-electron chi connectivity index (χ3n) is 19.6. The molecular weight excluding hydrogens is 986 g/mol. The first-order valence-electron chi connectivity index (χ1n) is 31.0. The van der Waals surface area contributed by atoms with Crippen molar-refractivity contribution < 1.29 is 4.11 Å². The van der Waals surface area contributed by atoms with Gasteiger partial charge in [-0.25, -0.2) is 0 Å². The fourth-order valence-corrected chi connectivity index (χ4v) is 15.7. The molecule has 0 spiro atoms. The summed E-state index contributed by atoms with van der Waals surface area (Å²) < 4.78 is 30.7. The SMILES string of the molecule is [2H]C([2H])([2H])c1cc2c3c(c1)N(c1cccc4c1sc1ccccc14)c1cc(N(c4ccc(C(C)(C)C)cc4C)c4ccc(C(C)(C)C)cc4C)ccc1B3c1cc3c(cc1N2c1ccc2c(c1)C(C)(C)CCC2(C)C)C(C)(C)CCC3(C)C. The van der Waals surface area contributed by atoms with Gasteiger partial charge in [0.1, 0.15) is 0 Å². The molecule has 80 heavy (non-hydrogen) atoms. The Labute approximate surface area is 487 Å². The Hall–Kier alpha value is -6.56. The first-order chi connectivity index (χ1) is 38.8. The summed E-state index contributed by atoms with van der Waals surface area (Å²) in [7, 11) is 0. The van der Waals surface area contributed by atoms with Crippen LogP contribution in [0.4, 0.5) is 51.2 Å². The van der Waals surface area contributed by atoms with Crippen molar-refractivity contribution in [3.05, 3.63) is 190 Å². The number of hydrogen-bond acceptors (Lipinski definition) is 4. The second-order valence-electron chi connectivity index (χ2n) is 29.1. The second-order valence-corrected chi connectivity index (χ2v) is 30.1. The smallest absolute Gasteiger partial charge is 0.252 e. The number of benzene rings is 8. The fraction of sp³-hybridized carbons (Fsp3) is 0.360. The molecule has 5 heteroatoms. The zero-order chi connectivity index (χ0) is 59.0. The molecule has 0 N–H and O–H groups in total. The van der Waals surface area contributed by atoms with Crippen molar-refractivity contribution in [1.29, 1.82) is 0 Å². The van der Waals surface area contributed by atoms with Crippen molar-refractivity contribution in [3.8, 4) is 0 Å². The molecule has 8 aromatic carbocycles. The summed E-state index contributed by atoms with van der Waals surface area (Å²) >= 11 is 1.82. The van der Waals surface area contributed by atoms with Gasteiger partial charge >= 0.3 is 0 Å². The fourth-order valence-electron chi connectivity index (χ4n) is 14.5. The molecule has 0 saturated carbocycles. The summed E-state index contributed by atoms with van der Waals surface area (Å²) in [6.45, 7) is 35.0. The number of aryl methyl sites for hydroxylation is 3. The van der Waals surface area contributed by atoms with E-state index in [2.05, 4.69) is 253 Å². The number of anilines is 9. The Bertz CT molecular complexity index is 4120. The van der Waals surface area contributed by atoms with E-state index in [1.54, 1.807) is 0 Å². The van der Waals surface area contributed by atoms with Gasteiger partial charge in [-0.2, -0.15) is 0 Å². The van der Waals surface area contributed by atoms with E-state index in [-0.39, 0.29) is 39.2 Å². The Balaban J connectivity index is 1.16. The number of hydrogen-bond donors (Lipinski definition) is 0. The van der Waals surface area contributed by atoms with Crippen LogP contribution in [0.1, 0.15) is 177 Å². The van der Waals surface area contributed by atoms with Crippen LogP contribution >= 0.6 is 11.3 Å². The molecule has 0 amide bonds. The first-order valence-corrected chi connectivity index (χ1v) is 30.4. The number of rotatable bonds is 5. The van der Waals surface area contributed by atoms with Crippen LogP contribution in [0.15, 0.2) is 140 Å². The van der Waals surface area contributed by atoms with Crippen molar-refractivity contribution in [1.82, 2.24) is 0 Å². The lowest BCUT2D eigenvalue weighted by molar-refractivity contribution is 0.332. The summed E-state index contributed by atoms with van der Waals surface area (Å²) in [5.74, 6) is 0. The number of thiophene rings is 1. The topological polar surface area (TPSA) is 9.72 Å². The highest BCUT2D eigenvalue weighted by atomic mass is 32.1. The Morgan fingerprint density at radius 3 is 1.64 bits per heavy atom. The van der Waals surface area contributed by atoms with Crippen LogP contribution in [0.25, 0.3) is 20.2 Å². The molecule has 0 bridgehead atoms. The highest BCUT2D eigenvalue weighted by Gasteiger charge is 2.48. The molecule has 0 unspecified atom stereocenters. The lowest BCUT2D eigenvalue weighted by atomic mass is 9.33. The average Bonchev–Trinajstić information content (AvgIpc) is 0.863. The van der Waals surface area contributed by atoms with Gasteiger partial charge in [0.25, 0.3) is 6.71 Å². The quantitative estimate of drug-likeness (QED) is 0.159. The molecular formula is C75H82BN3S. The van der Waals surface area contributed by atoms with Gasteiger partial charge in [-0.3, -0.25) is 0 Å². The van der Waals surface area contributed by atoms with Crippen LogP contribution in [0.5, 0.6) is 0 Å². The van der Waals surface area contributed by atoms with Crippen molar-refractivity contribution in [3.63, 3.8) is 0 Å². The molecule has 3 nitrogen and oxygen atoms in total. The third-order valence-corrected chi connectivity index (χ3v) is 20.8. The molecule has 0 atom stereocenters. The zero-order valence-electron chi connectivity index (χ0n) is 53.4. The molecule has 0 fully saturated rings. The van der Waals surface area contributed by atoms with E-state index in [0.29, 0.717) is 5.56 Å². The molecule has 4 aliphatic rings. The van der Waals surface area contributed by atoms with Gasteiger partial charge in [-0.05, 0) is 212 Å². The van der Waals surface area contributed by atoms with Gasteiger partial charge in [0, 0.05) is 65.1 Å². The minimum atomic E-state index is -2.42. The van der Waals surface area contributed by atoms with E-state index < -0.39 is 6.85 Å². The molecule has 3 heterocycles. The summed E-state index contributed by atoms with van der Waals surface area (Å²) in [6.07, 6.45) is 4.39. The van der Waals surface area contributed by atoms with Gasteiger partial charge < -0.3 is 14.7 Å². The van der Waals surface area contributed by atoms with Crippen molar-refractivity contribution in [2.75, 3.05) is 14.7 Å². The largest absolute Gasteiger partial charge is 0.311 e. The normalized spacial score (nSPS) is 18.1. The van der Waals surface area contributed by atoms with E-state index in [1.807, 2.05) is 23.5 Å². The summed E-state index contributed by atoms with van der Waals surface area (Å²) in [4.78, 5) is 7.44. The third kappa shape index (κ3) is 8.16. The van der Waals surface area contributed by atoms with Gasteiger partial charge in [0.15, 0.2) is 0 Å². The predicted molar refractivity (Wildman–Crippen MR) is 350 cm³/mol. The Morgan fingerprint density at radius 1 is 0.487 bits per heavy atom. The Kier molecular flexibility index (Phi) is 10.9. The maximum Gasteiger partial charge on any atom is 0.252 e. The predicted octanol–water partition coefficient (Wildman–Crippen LogP) is 19.8. The van der Waals surface area contributed by atoms with Crippen molar-refractivity contribution in [2.45, 2.75) is 176 Å². The van der Waals surface area contributed by atoms with E-state index in [1.165, 1.54) is 75.6 Å². The molecule has 13 rings (SSSR count). The van der Waals surface area contributed by atoms with Crippen LogP contribution in [0, 0.1) is 20.7 Å². The molecule has 2 aliphatic heterocycles. The molecule has 9 aromatic rings. The van der Waals surface area contributed by atoms with E-state index in [4.69, 9.17) is 0 Å². The Morgan fingerprint density at radius 2 is 1.04 bits per heavy atom. The summed E-state index contributed by atoms with van der Waals surface area (Å²) in [6, 6.07) is 53.2. The molecule has 406 valence electrons. The first kappa shape index (κ1) is 49.3. The molecule has 2 aliphatic carbocycles. The lowest BCUT2D eigenvalue weighted by Gasteiger charge is -2.48. The highest BCUT2D eigenvalue weighted by molar-refractivity contribution is 7.26. The van der Waals surface area contributed by atoms with Crippen LogP contribution in [-0.4, -0.2) is 6.71 Å². The van der Waals surface area contributed by atoms with Crippen molar-refractivity contribution >= 4 is 106 Å². The zero-order valence-corrected chi connectivity index (χ0v) is 51.3. The highest BCUT2D eigenvalue weighted by Crippen LogP contribution is 2.55. The monoisotopic (exact) mass is 1070 g/mol. The number of fused-ring (bicyclic) bond motifs is 9. The van der Waals surface area contributed by atoms with Gasteiger partial charge in [0.2, 0.25) is 0 Å². The van der Waals surface area contributed by atoms with Gasteiger partial charge in [-0.15, -0.1) is 11.3 Å². The summed E-state index contributed by atoms with van der Waals surface area (Å²) in [5.41, 5.74) is 23.7. The summed E-state index contributed by atoms with van der Waals surface area (Å²) in [5, 5.41) is 2.41. The minimum Gasteiger partial charge on any atom is -0.311 e. The maximum absolute atomic E-state index is 9.43. The van der Waals surface area contributed by atoms with Crippen LogP contribution in [0.3, 0.4) is 0 Å². The van der Waals surface area contributed by atoms with Gasteiger partial charge in [0.05, 0.1) is 10.4 Å².